The Morgan fingerprint density at radius 1 is 1.06 bits per heavy atom. The first-order chi connectivity index (χ1) is 16.3. The predicted molar refractivity (Wildman–Crippen MR) is 133 cm³/mol. The fourth-order valence-electron chi connectivity index (χ4n) is 3.77. The van der Waals surface area contributed by atoms with Crippen molar-refractivity contribution in [1.82, 2.24) is 5.32 Å². The number of hydrogen-bond acceptors (Lipinski definition) is 4. The topological polar surface area (TPSA) is 86.8 Å². The van der Waals surface area contributed by atoms with Crippen molar-refractivity contribution in [3.8, 4) is 0 Å². The van der Waals surface area contributed by atoms with Crippen LogP contribution in [0.25, 0.3) is 0 Å². The van der Waals surface area contributed by atoms with Crippen LogP contribution in [0.3, 0.4) is 0 Å². The Labute approximate surface area is 204 Å². The monoisotopic (exact) mass is 497 g/mol. The number of amides is 2. The fraction of sp³-hybridized carbons (Fsp3) is 0.200. The Hall–Kier alpha value is -3.36. The SMILES string of the molecule is CN(c1cccc(Cl)c1)S(=O)(=O)c1cccc(C(=O)NCc2ccc(N3CCCC3=O)cc2)c1. The summed E-state index contributed by atoms with van der Waals surface area (Å²) in [6.45, 7) is 0.993. The molecule has 0 spiro atoms. The van der Waals surface area contributed by atoms with Crippen LogP contribution < -0.4 is 14.5 Å². The van der Waals surface area contributed by atoms with Gasteiger partial charge in [-0.05, 0) is 60.5 Å². The van der Waals surface area contributed by atoms with Crippen molar-refractivity contribution in [2.75, 3.05) is 22.8 Å². The van der Waals surface area contributed by atoms with E-state index in [0.717, 1.165) is 28.5 Å². The van der Waals surface area contributed by atoms with Gasteiger partial charge in [0.2, 0.25) is 5.91 Å². The van der Waals surface area contributed by atoms with E-state index in [2.05, 4.69) is 5.32 Å². The van der Waals surface area contributed by atoms with Gasteiger partial charge in [0, 0.05) is 42.8 Å². The van der Waals surface area contributed by atoms with Crippen molar-refractivity contribution in [2.45, 2.75) is 24.3 Å². The standard InChI is InChI=1S/C25H24ClN3O4S/c1-28(22-7-3-6-20(26)16-22)34(32,33)23-8-2-5-19(15-23)25(31)27-17-18-10-12-21(13-11-18)29-14-4-9-24(29)30/h2-3,5-8,10-13,15-16H,4,9,14,17H2,1H3,(H,27,31). The van der Waals surface area contributed by atoms with Crippen LogP contribution in [0.1, 0.15) is 28.8 Å². The number of sulfonamides is 1. The molecular weight excluding hydrogens is 474 g/mol. The summed E-state index contributed by atoms with van der Waals surface area (Å²) in [5.41, 5.74) is 2.37. The molecule has 1 aliphatic rings. The number of rotatable bonds is 7. The van der Waals surface area contributed by atoms with E-state index in [1.165, 1.54) is 25.2 Å². The van der Waals surface area contributed by atoms with E-state index in [0.29, 0.717) is 17.1 Å². The van der Waals surface area contributed by atoms with Crippen molar-refractivity contribution in [2.24, 2.45) is 0 Å². The molecule has 0 aromatic heterocycles. The molecule has 1 saturated heterocycles. The summed E-state index contributed by atoms with van der Waals surface area (Å²) < 4.78 is 27.3. The van der Waals surface area contributed by atoms with Crippen molar-refractivity contribution in [3.05, 3.63) is 88.9 Å². The Morgan fingerprint density at radius 3 is 2.47 bits per heavy atom. The molecule has 1 heterocycles. The predicted octanol–water partition coefficient (Wildman–Crippen LogP) is 4.22. The second-order valence-electron chi connectivity index (χ2n) is 7.98. The zero-order valence-corrected chi connectivity index (χ0v) is 20.1. The summed E-state index contributed by atoms with van der Waals surface area (Å²) in [7, 11) is -2.45. The largest absolute Gasteiger partial charge is 0.348 e. The maximum absolute atomic E-state index is 13.1. The first kappa shape index (κ1) is 23.8. The molecule has 0 saturated carbocycles. The third kappa shape index (κ3) is 5.08. The molecule has 7 nitrogen and oxygen atoms in total. The molecule has 4 rings (SSSR count). The van der Waals surface area contributed by atoms with Gasteiger partial charge in [-0.15, -0.1) is 0 Å². The van der Waals surface area contributed by atoms with Gasteiger partial charge in [-0.2, -0.15) is 0 Å². The minimum Gasteiger partial charge on any atom is -0.348 e. The van der Waals surface area contributed by atoms with E-state index < -0.39 is 10.0 Å². The van der Waals surface area contributed by atoms with E-state index in [9.17, 15) is 18.0 Å². The zero-order valence-electron chi connectivity index (χ0n) is 18.6. The summed E-state index contributed by atoms with van der Waals surface area (Å²) in [4.78, 5) is 26.4. The maximum Gasteiger partial charge on any atom is 0.264 e. The number of anilines is 2. The molecule has 0 aliphatic carbocycles. The average molecular weight is 498 g/mol. The lowest BCUT2D eigenvalue weighted by Gasteiger charge is -2.20. The summed E-state index contributed by atoms with van der Waals surface area (Å²) in [5.74, 6) is -0.266. The van der Waals surface area contributed by atoms with Crippen LogP contribution in [0.4, 0.5) is 11.4 Å². The van der Waals surface area contributed by atoms with Crippen LogP contribution in [-0.4, -0.2) is 33.8 Å². The molecule has 9 heteroatoms. The molecule has 3 aromatic carbocycles. The van der Waals surface area contributed by atoms with Crippen LogP contribution in [-0.2, 0) is 21.4 Å². The van der Waals surface area contributed by atoms with Gasteiger partial charge in [0.25, 0.3) is 15.9 Å². The van der Waals surface area contributed by atoms with Crippen LogP contribution in [0, 0.1) is 0 Å². The lowest BCUT2D eigenvalue weighted by molar-refractivity contribution is -0.117. The Kier molecular flexibility index (Phi) is 6.90. The maximum atomic E-state index is 13.1. The average Bonchev–Trinajstić information content (AvgIpc) is 3.28. The van der Waals surface area contributed by atoms with Gasteiger partial charge in [0.05, 0.1) is 10.6 Å². The summed E-state index contributed by atoms with van der Waals surface area (Å²) in [6, 6.07) is 19.9. The molecule has 0 unspecified atom stereocenters. The van der Waals surface area contributed by atoms with Gasteiger partial charge >= 0.3 is 0 Å². The highest BCUT2D eigenvalue weighted by atomic mass is 35.5. The van der Waals surface area contributed by atoms with Crippen LogP contribution in [0.5, 0.6) is 0 Å². The molecule has 0 bridgehead atoms. The number of carbonyl (C=O) groups excluding carboxylic acids is 2. The molecule has 3 aromatic rings. The highest BCUT2D eigenvalue weighted by Gasteiger charge is 2.23. The molecule has 1 N–H and O–H groups in total. The molecule has 0 radical (unpaired) electrons. The third-order valence-electron chi connectivity index (χ3n) is 5.70. The Balaban J connectivity index is 1.44. The lowest BCUT2D eigenvalue weighted by Crippen LogP contribution is -2.27. The van der Waals surface area contributed by atoms with Crippen LogP contribution in [0.2, 0.25) is 5.02 Å². The molecule has 0 atom stereocenters. The first-order valence-electron chi connectivity index (χ1n) is 10.8. The van der Waals surface area contributed by atoms with Crippen molar-refractivity contribution in [1.29, 1.82) is 0 Å². The summed E-state index contributed by atoms with van der Waals surface area (Å²) in [5, 5.41) is 3.24. The molecule has 2 amide bonds. The van der Waals surface area contributed by atoms with Gasteiger partial charge in [-0.3, -0.25) is 13.9 Å². The van der Waals surface area contributed by atoms with E-state index in [4.69, 9.17) is 11.6 Å². The molecule has 176 valence electrons. The van der Waals surface area contributed by atoms with E-state index in [-0.39, 0.29) is 28.8 Å². The Bertz CT molecular complexity index is 1330. The van der Waals surface area contributed by atoms with Gasteiger partial charge < -0.3 is 10.2 Å². The van der Waals surface area contributed by atoms with Gasteiger partial charge in [-0.25, -0.2) is 8.42 Å². The summed E-state index contributed by atoms with van der Waals surface area (Å²) >= 11 is 5.99. The second kappa shape index (κ2) is 9.87. The normalized spacial score (nSPS) is 13.7. The zero-order chi connectivity index (χ0) is 24.3. The van der Waals surface area contributed by atoms with E-state index in [1.54, 1.807) is 35.2 Å². The minimum absolute atomic E-state index is 0.00209. The quantitative estimate of drug-likeness (QED) is 0.529. The van der Waals surface area contributed by atoms with Gasteiger partial charge in [0.1, 0.15) is 0 Å². The van der Waals surface area contributed by atoms with Gasteiger partial charge in [0.15, 0.2) is 0 Å². The number of benzene rings is 3. The highest BCUT2D eigenvalue weighted by molar-refractivity contribution is 7.92. The van der Waals surface area contributed by atoms with Crippen molar-refractivity contribution in [3.63, 3.8) is 0 Å². The number of halogens is 1. The van der Waals surface area contributed by atoms with Gasteiger partial charge in [-0.1, -0.05) is 35.9 Å². The third-order valence-corrected chi connectivity index (χ3v) is 7.72. The number of nitrogens with one attached hydrogen (secondary N) is 1. The molecular formula is C25H24ClN3O4S. The fourth-order valence-corrected chi connectivity index (χ4v) is 5.18. The minimum atomic E-state index is -3.89. The summed E-state index contributed by atoms with van der Waals surface area (Å²) in [6.07, 6.45) is 1.43. The number of carbonyl (C=O) groups is 2. The second-order valence-corrected chi connectivity index (χ2v) is 10.4. The first-order valence-corrected chi connectivity index (χ1v) is 12.6. The van der Waals surface area contributed by atoms with E-state index >= 15 is 0 Å². The molecule has 1 fully saturated rings. The van der Waals surface area contributed by atoms with Crippen LogP contribution >= 0.6 is 11.6 Å². The number of nitrogens with zero attached hydrogens (tertiary/aromatic N) is 2. The Morgan fingerprint density at radius 2 is 1.79 bits per heavy atom. The lowest BCUT2D eigenvalue weighted by atomic mass is 10.1. The number of hydrogen-bond donors (Lipinski definition) is 1. The van der Waals surface area contributed by atoms with Crippen molar-refractivity contribution < 1.29 is 18.0 Å². The van der Waals surface area contributed by atoms with Crippen LogP contribution in [0.15, 0.2) is 77.7 Å². The molecule has 34 heavy (non-hydrogen) atoms. The molecule has 1 aliphatic heterocycles. The highest BCUT2D eigenvalue weighted by Crippen LogP contribution is 2.25. The smallest absolute Gasteiger partial charge is 0.264 e. The van der Waals surface area contributed by atoms with E-state index in [1.807, 2.05) is 24.3 Å². The van der Waals surface area contributed by atoms with Crippen molar-refractivity contribution >= 4 is 44.8 Å².